The van der Waals surface area contributed by atoms with Crippen LogP contribution in [0.5, 0.6) is 0 Å². The Bertz CT molecular complexity index is 531. The Hall–Kier alpha value is -1.09. The third kappa shape index (κ3) is 3.57. The number of hydrogen-bond acceptors (Lipinski definition) is 2. The van der Waals surface area contributed by atoms with Crippen molar-refractivity contribution in [3.63, 3.8) is 0 Å². The average molecular weight is 350 g/mol. The smallest absolute Gasteiger partial charge is 0.148 e. The quantitative estimate of drug-likeness (QED) is 0.716. The van der Waals surface area contributed by atoms with Gasteiger partial charge in [-0.3, -0.25) is 4.79 Å². The van der Waals surface area contributed by atoms with E-state index in [1.54, 1.807) is 0 Å². The van der Waals surface area contributed by atoms with E-state index in [0.717, 1.165) is 29.3 Å². The molecule has 1 aliphatic rings. The van der Waals surface area contributed by atoms with Gasteiger partial charge in [-0.15, -0.1) is 0 Å². The second kappa shape index (κ2) is 6.35. The van der Waals surface area contributed by atoms with Gasteiger partial charge in [0.1, 0.15) is 6.29 Å². The van der Waals surface area contributed by atoms with E-state index in [2.05, 4.69) is 79.0 Å². The van der Waals surface area contributed by atoms with Crippen molar-refractivity contribution in [2.45, 2.75) is 40.2 Å². The Labute approximate surface area is 136 Å². The molecule has 1 aromatic rings. The lowest BCUT2D eigenvalue weighted by Crippen LogP contribution is -2.36. The van der Waals surface area contributed by atoms with Crippen LogP contribution in [0.25, 0.3) is 0 Å². The van der Waals surface area contributed by atoms with E-state index in [1.165, 1.54) is 5.56 Å². The van der Waals surface area contributed by atoms with E-state index in [0.29, 0.717) is 12.0 Å². The molecule has 0 radical (unpaired) electrons. The highest BCUT2D eigenvalue weighted by Crippen LogP contribution is 2.38. The standard InChI is InChI=1S/C18H24BrNO/c1-13(2)17(14-5-7-16(19)8-6-14)20-10-9-18(3,4)15(11-20)12-21/h5-8,11-13,17H,9-10H2,1-4H3. The molecule has 2 nitrogen and oxygen atoms in total. The van der Waals surface area contributed by atoms with Crippen LogP contribution >= 0.6 is 15.9 Å². The first kappa shape index (κ1) is 16.3. The largest absolute Gasteiger partial charge is 0.370 e. The van der Waals surface area contributed by atoms with Crippen molar-refractivity contribution in [2.75, 3.05) is 6.54 Å². The summed E-state index contributed by atoms with van der Waals surface area (Å²) in [6.45, 7) is 9.76. The molecule has 1 aromatic carbocycles. The number of allylic oxidation sites excluding steroid dienone is 1. The minimum atomic E-state index is -0.0144. The minimum absolute atomic E-state index is 0.0144. The Balaban J connectivity index is 2.36. The maximum atomic E-state index is 11.4. The highest BCUT2D eigenvalue weighted by Gasteiger charge is 2.32. The first-order valence-electron chi connectivity index (χ1n) is 7.54. The summed E-state index contributed by atoms with van der Waals surface area (Å²) in [5.74, 6) is 0.483. The van der Waals surface area contributed by atoms with Crippen LogP contribution in [0.3, 0.4) is 0 Å². The zero-order valence-electron chi connectivity index (χ0n) is 13.3. The normalized spacial score (nSPS) is 19.3. The number of benzene rings is 1. The van der Waals surface area contributed by atoms with E-state index in [1.807, 2.05) is 0 Å². The van der Waals surface area contributed by atoms with Gasteiger partial charge in [0, 0.05) is 22.8 Å². The average Bonchev–Trinajstić information content (AvgIpc) is 2.42. The molecule has 0 saturated heterocycles. The Morgan fingerprint density at radius 2 is 1.86 bits per heavy atom. The number of carbonyl (C=O) groups is 1. The van der Waals surface area contributed by atoms with Crippen molar-refractivity contribution >= 4 is 22.2 Å². The molecule has 1 unspecified atom stereocenters. The zero-order valence-corrected chi connectivity index (χ0v) is 14.9. The molecular formula is C18H24BrNO. The van der Waals surface area contributed by atoms with E-state index in [-0.39, 0.29) is 5.41 Å². The predicted molar refractivity (Wildman–Crippen MR) is 91.0 cm³/mol. The molecule has 0 aromatic heterocycles. The lowest BCUT2D eigenvalue weighted by molar-refractivity contribution is -0.106. The maximum absolute atomic E-state index is 11.4. The van der Waals surface area contributed by atoms with E-state index in [4.69, 9.17) is 0 Å². The number of hydrogen-bond donors (Lipinski definition) is 0. The summed E-state index contributed by atoms with van der Waals surface area (Å²) in [6, 6.07) is 8.82. The lowest BCUT2D eigenvalue weighted by atomic mass is 9.79. The van der Waals surface area contributed by atoms with Gasteiger partial charge < -0.3 is 4.90 Å². The molecule has 1 heterocycles. The molecule has 114 valence electrons. The lowest BCUT2D eigenvalue weighted by Gasteiger charge is -2.41. The molecule has 1 aliphatic heterocycles. The van der Waals surface area contributed by atoms with Gasteiger partial charge in [0.15, 0.2) is 0 Å². The van der Waals surface area contributed by atoms with Crippen LogP contribution in [0.15, 0.2) is 40.5 Å². The molecule has 3 heteroatoms. The minimum Gasteiger partial charge on any atom is -0.370 e. The van der Waals surface area contributed by atoms with Crippen LogP contribution in [0.2, 0.25) is 0 Å². The fourth-order valence-electron chi connectivity index (χ4n) is 3.00. The Kier molecular flexibility index (Phi) is 4.92. The van der Waals surface area contributed by atoms with Crippen molar-refractivity contribution in [3.8, 4) is 0 Å². The molecule has 2 rings (SSSR count). The summed E-state index contributed by atoms with van der Waals surface area (Å²) in [5.41, 5.74) is 2.19. The second-order valence-electron chi connectivity index (χ2n) is 6.81. The van der Waals surface area contributed by atoms with Gasteiger partial charge in [-0.1, -0.05) is 55.8 Å². The molecule has 0 aliphatic carbocycles. The summed E-state index contributed by atoms with van der Waals surface area (Å²) in [4.78, 5) is 13.7. The first-order chi connectivity index (χ1) is 9.85. The van der Waals surface area contributed by atoms with Crippen LogP contribution in [0.1, 0.15) is 45.7 Å². The van der Waals surface area contributed by atoms with Crippen molar-refractivity contribution in [2.24, 2.45) is 11.3 Å². The van der Waals surface area contributed by atoms with Crippen LogP contribution in [0.4, 0.5) is 0 Å². The van der Waals surface area contributed by atoms with Gasteiger partial charge in [0.05, 0.1) is 6.04 Å². The molecule has 0 spiro atoms. The molecule has 0 saturated carbocycles. The third-order valence-corrected chi connectivity index (χ3v) is 4.94. The van der Waals surface area contributed by atoms with Gasteiger partial charge in [0.2, 0.25) is 0 Å². The van der Waals surface area contributed by atoms with E-state index in [9.17, 15) is 4.79 Å². The van der Waals surface area contributed by atoms with Gasteiger partial charge >= 0.3 is 0 Å². The van der Waals surface area contributed by atoms with Crippen LogP contribution in [-0.2, 0) is 4.79 Å². The summed E-state index contributed by atoms with van der Waals surface area (Å²) < 4.78 is 1.10. The summed E-state index contributed by atoms with van der Waals surface area (Å²) in [7, 11) is 0. The van der Waals surface area contributed by atoms with Crippen LogP contribution in [-0.4, -0.2) is 17.7 Å². The fraction of sp³-hybridized carbons (Fsp3) is 0.500. The van der Waals surface area contributed by atoms with E-state index < -0.39 is 0 Å². The Morgan fingerprint density at radius 1 is 1.24 bits per heavy atom. The summed E-state index contributed by atoms with van der Waals surface area (Å²) in [5, 5.41) is 0. The molecule has 0 bridgehead atoms. The number of halogens is 1. The predicted octanol–water partition coefficient (Wildman–Crippen LogP) is 4.96. The molecule has 0 amide bonds. The third-order valence-electron chi connectivity index (χ3n) is 4.41. The van der Waals surface area contributed by atoms with Crippen molar-refractivity contribution in [1.29, 1.82) is 0 Å². The molecule has 1 atom stereocenters. The summed E-state index contributed by atoms with van der Waals surface area (Å²) >= 11 is 3.49. The number of carbonyl (C=O) groups excluding carboxylic acids is 1. The van der Waals surface area contributed by atoms with Gasteiger partial charge in [-0.25, -0.2) is 0 Å². The number of nitrogens with zero attached hydrogens (tertiary/aromatic N) is 1. The molecule has 0 fully saturated rings. The van der Waals surface area contributed by atoms with E-state index >= 15 is 0 Å². The van der Waals surface area contributed by atoms with Gasteiger partial charge in [0.25, 0.3) is 0 Å². The zero-order chi connectivity index (χ0) is 15.6. The topological polar surface area (TPSA) is 20.3 Å². The number of rotatable bonds is 4. The summed E-state index contributed by atoms with van der Waals surface area (Å²) in [6.07, 6.45) is 4.10. The highest BCUT2D eigenvalue weighted by atomic mass is 79.9. The molecule has 0 N–H and O–H groups in total. The van der Waals surface area contributed by atoms with Gasteiger partial charge in [-0.05, 0) is 35.4 Å². The van der Waals surface area contributed by atoms with Crippen molar-refractivity contribution < 1.29 is 4.79 Å². The fourth-order valence-corrected chi connectivity index (χ4v) is 3.26. The Morgan fingerprint density at radius 3 is 2.38 bits per heavy atom. The number of aldehydes is 1. The van der Waals surface area contributed by atoms with Crippen molar-refractivity contribution in [3.05, 3.63) is 46.1 Å². The molecule has 21 heavy (non-hydrogen) atoms. The highest BCUT2D eigenvalue weighted by molar-refractivity contribution is 9.10. The SMILES string of the molecule is CC(C)C(c1ccc(Br)cc1)N1C=C(C=O)C(C)(C)CC1. The first-order valence-corrected chi connectivity index (χ1v) is 8.33. The van der Waals surface area contributed by atoms with Crippen LogP contribution in [0, 0.1) is 11.3 Å². The second-order valence-corrected chi connectivity index (χ2v) is 7.73. The monoisotopic (exact) mass is 349 g/mol. The maximum Gasteiger partial charge on any atom is 0.148 e. The molecular weight excluding hydrogens is 326 g/mol. The van der Waals surface area contributed by atoms with Crippen molar-refractivity contribution in [1.82, 2.24) is 4.90 Å². The van der Waals surface area contributed by atoms with Gasteiger partial charge in [-0.2, -0.15) is 0 Å². The van der Waals surface area contributed by atoms with Crippen LogP contribution < -0.4 is 0 Å².